The number of rotatable bonds is 4. The van der Waals surface area contributed by atoms with Crippen LogP contribution in [0.3, 0.4) is 0 Å². The first-order valence-electron chi connectivity index (χ1n) is 5.48. The molecule has 1 nitrogen and oxygen atoms in total. The monoisotopic (exact) mass is 191 g/mol. The first-order chi connectivity index (χ1) is 6.60. The lowest BCUT2D eigenvalue weighted by molar-refractivity contribution is 0.476. The molecule has 0 aliphatic carbocycles. The first-order valence-corrected chi connectivity index (χ1v) is 5.48. The second-order valence-electron chi connectivity index (χ2n) is 4.22. The van der Waals surface area contributed by atoms with E-state index in [4.69, 9.17) is 5.73 Å². The molecule has 0 saturated carbocycles. The predicted octanol–water partition coefficient (Wildman–Crippen LogP) is 3.22. The summed E-state index contributed by atoms with van der Waals surface area (Å²) < 4.78 is 0. The van der Waals surface area contributed by atoms with E-state index in [1.807, 2.05) is 0 Å². The minimum absolute atomic E-state index is 0.177. The summed E-state index contributed by atoms with van der Waals surface area (Å²) in [7, 11) is 0. The van der Waals surface area contributed by atoms with E-state index in [2.05, 4.69) is 45.0 Å². The second-order valence-corrected chi connectivity index (χ2v) is 4.22. The van der Waals surface area contributed by atoms with Crippen LogP contribution in [0.4, 0.5) is 0 Å². The van der Waals surface area contributed by atoms with Gasteiger partial charge in [-0.3, -0.25) is 0 Å². The van der Waals surface area contributed by atoms with Crippen molar-refractivity contribution in [1.82, 2.24) is 0 Å². The summed E-state index contributed by atoms with van der Waals surface area (Å²) in [6.07, 6.45) is 3.31. The molecule has 0 spiro atoms. The highest BCUT2D eigenvalue weighted by atomic mass is 14.7. The summed E-state index contributed by atoms with van der Waals surface area (Å²) in [6, 6.07) is 8.66. The Bertz CT molecular complexity index is 289. The van der Waals surface area contributed by atoms with Crippen LogP contribution >= 0.6 is 0 Å². The SMILES string of the molecule is CCCc1cccc(C(C)(N)CC)c1. The lowest BCUT2D eigenvalue weighted by Crippen LogP contribution is -2.31. The molecule has 0 amide bonds. The largest absolute Gasteiger partial charge is 0.322 e. The molecule has 1 unspecified atom stereocenters. The van der Waals surface area contributed by atoms with Gasteiger partial charge >= 0.3 is 0 Å². The molecule has 0 radical (unpaired) electrons. The number of hydrogen-bond acceptors (Lipinski definition) is 1. The molecule has 1 rings (SSSR count). The number of aryl methyl sites for hydroxylation is 1. The standard InChI is InChI=1S/C13H21N/c1-4-7-11-8-6-9-12(10-11)13(3,14)5-2/h6,8-10H,4-5,7,14H2,1-3H3. The molecule has 0 saturated heterocycles. The minimum atomic E-state index is -0.177. The van der Waals surface area contributed by atoms with Gasteiger partial charge in [0.1, 0.15) is 0 Å². The smallest absolute Gasteiger partial charge is 0.0378 e. The van der Waals surface area contributed by atoms with Crippen molar-refractivity contribution in [3.8, 4) is 0 Å². The quantitative estimate of drug-likeness (QED) is 0.777. The van der Waals surface area contributed by atoms with E-state index in [1.165, 1.54) is 17.5 Å². The molecule has 1 aromatic carbocycles. The van der Waals surface area contributed by atoms with Crippen LogP contribution in [0.15, 0.2) is 24.3 Å². The van der Waals surface area contributed by atoms with E-state index < -0.39 is 0 Å². The third-order valence-electron chi connectivity index (χ3n) is 2.86. The van der Waals surface area contributed by atoms with E-state index in [1.54, 1.807) is 0 Å². The third-order valence-corrected chi connectivity index (χ3v) is 2.86. The summed E-state index contributed by atoms with van der Waals surface area (Å²) in [5.41, 5.74) is 8.68. The fourth-order valence-electron chi connectivity index (χ4n) is 1.57. The number of benzene rings is 1. The Morgan fingerprint density at radius 2 is 2.00 bits per heavy atom. The van der Waals surface area contributed by atoms with Crippen LogP contribution in [0, 0.1) is 0 Å². The van der Waals surface area contributed by atoms with E-state index in [0.717, 1.165) is 12.8 Å². The zero-order valence-corrected chi connectivity index (χ0v) is 9.51. The van der Waals surface area contributed by atoms with Crippen molar-refractivity contribution >= 4 is 0 Å². The van der Waals surface area contributed by atoms with Crippen molar-refractivity contribution in [2.75, 3.05) is 0 Å². The molecule has 0 aromatic heterocycles. The average molecular weight is 191 g/mol. The molecule has 2 N–H and O–H groups in total. The van der Waals surface area contributed by atoms with Crippen LogP contribution in [-0.2, 0) is 12.0 Å². The van der Waals surface area contributed by atoms with Crippen LogP contribution in [0.1, 0.15) is 44.7 Å². The van der Waals surface area contributed by atoms with Crippen LogP contribution < -0.4 is 5.73 Å². The van der Waals surface area contributed by atoms with Gasteiger partial charge in [0.15, 0.2) is 0 Å². The highest BCUT2D eigenvalue weighted by Crippen LogP contribution is 2.22. The highest BCUT2D eigenvalue weighted by Gasteiger charge is 2.18. The molecule has 1 aromatic rings. The normalized spacial score (nSPS) is 15.1. The molecule has 1 atom stereocenters. The number of hydrogen-bond donors (Lipinski definition) is 1. The molecule has 1 heteroatoms. The van der Waals surface area contributed by atoms with E-state index in [-0.39, 0.29) is 5.54 Å². The molecule has 78 valence electrons. The lowest BCUT2D eigenvalue weighted by atomic mass is 9.89. The van der Waals surface area contributed by atoms with E-state index in [9.17, 15) is 0 Å². The highest BCUT2D eigenvalue weighted by molar-refractivity contribution is 5.28. The van der Waals surface area contributed by atoms with Gasteiger partial charge in [-0.15, -0.1) is 0 Å². The van der Waals surface area contributed by atoms with Crippen molar-refractivity contribution < 1.29 is 0 Å². The summed E-state index contributed by atoms with van der Waals surface area (Å²) in [5, 5.41) is 0. The Kier molecular flexibility index (Phi) is 3.70. The molecule has 0 heterocycles. The Labute approximate surface area is 87.3 Å². The zero-order chi connectivity index (χ0) is 10.6. The number of nitrogens with two attached hydrogens (primary N) is 1. The van der Waals surface area contributed by atoms with Gasteiger partial charge < -0.3 is 5.73 Å². The Hall–Kier alpha value is -0.820. The fraction of sp³-hybridized carbons (Fsp3) is 0.538. The van der Waals surface area contributed by atoms with Gasteiger partial charge in [0.05, 0.1) is 0 Å². The molecular weight excluding hydrogens is 170 g/mol. The molecule has 0 bridgehead atoms. The van der Waals surface area contributed by atoms with Crippen molar-refractivity contribution in [1.29, 1.82) is 0 Å². The van der Waals surface area contributed by atoms with Crippen molar-refractivity contribution in [3.63, 3.8) is 0 Å². The Morgan fingerprint density at radius 1 is 1.29 bits per heavy atom. The molecule has 0 aliphatic rings. The molecule has 0 fully saturated rings. The maximum absolute atomic E-state index is 6.20. The predicted molar refractivity (Wildman–Crippen MR) is 62.3 cm³/mol. The van der Waals surface area contributed by atoms with Gasteiger partial charge in [-0.2, -0.15) is 0 Å². The van der Waals surface area contributed by atoms with Gasteiger partial charge in [-0.1, -0.05) is 44.5 Å². The fourth-order valence-corrected chi connectivity index (χ4v) is 1.57. The summed E-state index contributed by atoms with van der Waals surface area (Å²) in [6.45, 7) is 6.43. The topological polar surface area (TPSA) is 26.0 Å². The Balaban J connectivity index is 2.93. The van der Waals surface area contributed by atoms with Crippen LogP contribution in [0.2, 0.25) is 0 Å². The first kappa shape index (κ1) is 11.3. The third kappa shape index (κ3) is 2.58. The molecule has 0 aliphatic heterocycles. The Morgan fingerprint density at radius 3 is 2.57 bits per heavy atom. The van der Waals surface area contributed by atoms with Crippen molar-refractivity contribution in [3.05, 3.63) is 35.4 Å². The maximum atomic E-state index is 6.20. The second kappa shape index (κ2) is 4.61. The summed E-state index contributed by atoms with van der Waals surface area (Å²) >= 11 is 0. The summed E-state index contributed by atoms with van der Waals surface area (Å²) in [5.74, 6) is 0. The van der Waals surface area contributed by atoms with Gasteiger partial charge in [-0.05, 0) is 30.9 Å². The van der Waals surface area contributed by atoms with Gasteiger partial charge in [-0.25, -0.2) is 0 Å². The van der Waals surface area contributed by atoms with Crippen LogP contribution in [0.25, 0.3) is 0 Å². The zero-order valence-electron chi connectivity index (χ0n) is 9.51. The van der Waals surface area contributed by atoms with Gasteiger partial charge in [0, 0.05) is 5.54 Å². The van der Waals surface area contributed by atoms with Crippen LogP contribution in [0.5, 0.6) is 0 Å². The lowest BCUT2D eigenvalue weighted by Gasteiger charge is -2.23. The summed E-state index contributed by atoms with van der Waals surface area (Å²) in [4.78, 5) is 0. The maximum Gasteiger partial charge on any atom is 0.0378 e. The van der Waals surface area contributed by atoms with Crippen LogP contribution in [-0.4, -0.2) is 0 Å². The molecule has 14 heavy (non-hydrogen) atoms. The minimum Gasteiger partial charge on any atom is -0.322 e. The van der Waals surface area contributed by atoms with Crippen molar-refractivity contribution in [2.45, 2.75) is 45.6 Å². The molecular formula is C13H21N. The average Bonchev–Trinajstić information content (AvgIpc) is 2.19. The van der Waals surface area contributed by atoms with Gasteiger partial charge in [0.2, 0.25) is 0 Å². The van der Waals surface area contributed by atoms with E-state index >= 15 is 0 Å². The van der Waals surface area contributed by atoms with E-state index in [0.29, 0.717) is 0 Å². The van der Waals surface area contributed by atoms with Crippen molar-refractivity contribution in [2.24, 2.45) is 5.73 Å². The van der Waals surface area contributed by atoms with Gasteiger partial charge in [0.25, 0.3) is 0 Å².